The second-order valence-electron chi connectivity index (χ2n) is 6.22. The zero-order chi connectivity index (χ0) is 18.0. The first kappa shape index (κ1) is 20.6. The first-order valence-corrected chi connectivity index (χ1v) is 8.16. The fraction of sp³-hybridized carbons (Fsp3) is 0.368. The summed E-state index contributed by atoms with van der Waals surface area (Å²) in [5, 5.41) is 15.7. The van der Waals surface area contributed by atoms with Crippen molar-refractivity contribution in [2.45, 2.75) is 19.4 Å². The van der Waals surface area contributed by atoms with Crippen LogP contribution in [-0.2, 0) is 16.1 Å². The number of rotatable bonds is 6. The van der Waals surface area contributed by atoms with Crippen molar-refractivity contribution in [2.75, 3.05) is 14.2 Å². The number of carboxylic acid groups (broad SMARTS) is 1. The summed E-state index contributed by atoms with van der Waals surface area (Å²) in [6, 6.07) is 9.62. The monoisotopic (exact) mass is 365 g/mol. The quantitative estimate of drug-likeness (QED) is 0.614. The SMILES string of the molecule is COc1cc2ccc(CNC(=O)[C@@H]3CC[C@@H]3C(=O)[O-])cc2cc1OC.[Na+]. The second kappa shape index (κ2) is 8.75. The molecule has 1 fully saturated rings. The molecule has 2 aromatic carbocycles. The number of benzene rings is 2. The van der Waals surface area contributed by atoms with Crippen molar-refractivity contribution >= 4 is 22.6 Å². The van der Waals surface area contributed by atoms with Gasteiger partial charge < -0.3 is 24.7 Å². The number of aliphatic carboxylic acids is 1. The molecule has 7 heteroatoms. The molecule has 0 saturated heterocycles. The van der Waals surface area contributed by atoms with Crippen LogP contribution >= 0.6 is 0 Å². The molecule has 132 valence electrons. The minimum Gasteiger partial charge on any atom is -0.550 e. The summed E-state index contributed by atoms with van der Waals surface area (Å²) in [5.74, 6) is -1.20. The summed E-state index contributed by atoms with van der Waals surface area (Å²) in [4.78, 5) is 23.0. The van der Waals surface area contributed by atoms with Gasteiger partial charge in [0.15, 0.2) is 11.5 Å². The summed E-state index contributed by atoms with van der Waals surface area (Å²) in [5.41, 5.74) is 0.928. The molecule has 0 aliphatic heterocycles. The Hall–Kier alpha value is -1.76. The fourth-order valence-electron chi connectivity index (χ4n) is 3.15. The molecule has 3 rings (SSSR count). The van der Waals surface area contributed by atoms with Gasteiger partial charge in [0.2, 0.25) is 5.91 Å². The normalized spacial score (nSPS) is 18.4. The summed E-state index contributed by atoms with van der Waals surface area (Å²) in [6.45, 7) is 0.347. The number of fused-ring (bicyclic) bond motifs is 1. The Morgan fingerprint density at radius 1 is 1.04 bits per heavy atom. The van der Waals surface area contributed by atoms with Crippen molar-refractivity contribution in [2.24, 2.45) is 11.8 Å². The van der Waals surface area contributed by atoms with Gasteiger partial charge in [-0.15, -0.1) is 0 Å². The van der Waals surface area contributed by atoms with Crippen LogP contribution in [0.4, 0.5) is 0 Å². The van der Waals surface area contributed by atoms with Gasteiger partial charge in [0.25, 0.3) is 0 Å². The molecular weight excluding hydrogens is 345 g/mol. The van der Waals surface area contributed by atoms with Gasteiger partial charge in [0.05, 0.1) is 14.2 Å². The molecule has 0 radical (unpaired) electrons. The van der Waals surface area contributed by atoms with Crippen LogP contribution < -0.4 is 49.5 Å². The molecule has 1 saturated carbocycles. The Labute approximate surface area is 174 Å². The Morgan fingerprint density at radius 2 is 1.65 bits per heavy atom. The number of ether oxygens (including phenoxy) is 2. The molecule has 0 aromatic heterocycles. The molecule has 0 spiro atoms. The van der Waals surface area contributed by atoms with E-state index >= 15 is 0 Å². The van der Waals surface area contributed by atoms with Crippen molar-refractivity contribution in [3.8, 4) is 11.5 Å². The molecule has 1 N–H and O–H groups in total. The zero-order valence-electron chi connectivity index (χ0n) is 15.2. The van der Waals surface area contributed by atoms with Gasteiger partial charge in [-0.05, 0) is 47.4 Å². The molecule has 1 aliphatic rings. The predicted molar refractivity (Wildman–Crippen MR) is 90.1 cm³/mol. The van der Waals surface area contributed by atoms with Crippen molar-refractivity contribution in [3.63, 3.8) is 0 Å². The minimum absolute atomic E-state index is 0. The van der Waals surface area contributed by atoms with Gasteiger partial charge in [0.1, 0.15) is 0 Å². The van der Waals surface area contributed by atoms with E-state index in [4.69, 9.17) is 9.47 Å². The smallest absolute Gasteiger partial charge is 0.550 e. The maximum atomic E-state index is 12.1. The third kappa shape index (κ3) is 4.14. The van der Waals surface area contributed by atoms with Crippen LogP contribution in [0.1, 0.15) is 18.4 Å². The number of carboxylic acids is 1. The number of methoxy groups -OCH3 is 2. The first-order valence-electron chi connectivity index (χ1n) is 8.16. The number of carbonyl (C=O) groups is 2. The Balaban J connectivity index is 0.00000243. The van der Waals surface area contributed by atoms with Gasteiger partial charge in [-0.1, -0.05) is 12.1 Å². The summed E-state index contributed by atoms with van der Waals surface area (Å²) in [6.07, 6.45) is 1.11. The second-order valence-corrected chi connectivity index (χ2v) is 6.22. The van der Waals surface area contributed by atoms with Gasteiger partial charge in [-0.2, -0.15) is 0 Å². The van der Waals surface area contributed by atoms with Crippen molar-refractivity contribution in [3.05, 3.63) is 35.9 Å². The number of carbonyl (C=O) groups excluding carboxylic acids is 2. The van der Waals surface area contributed by atoms with Gasteiger partial charge >= 0.3 is 29.6 Å². The van der Waals surface area contributed by atoms with E-state index in [1.54, 1.807) is 14.2 Å². The molecular formula is C19H20NNaO5. The van der Waals surface area contributed by atoms with E-state index in [-0.39, 0.29) is 35.5 Å². The largest absolute Gasteiger partial charge is 1.00 e. The van der Waals surface area contributed by atoms with E-state index in [2.05, 4.69) is 5.32 Å². The van der Waals surface area contributed by atoms with Crippen LogP contribution in [-0.4, -0.2) is 26.1 Å². The van der Waals surface area contributed by atoms with E-state index in [0.29, 0.717) is 30.9 Å². The summed E-state index contributed by atoms with van der Waals surface area (Å²) < 4.78 is 10.6. The van der Waals surface area contributed by atoms with E-state index in [9.17, 15) is 14.7 Å². The fourth-order valence-corrected chi connectivity index (χ4v) is 3.15. The van der Waals surface area contributed by atoms with E-state index < -0.39 is 17.8 Å². The molecule has 1 aliphatic carbocycles. The maximum Gasteiger partial charge on any atom is 1.00 e. The van der Waals surface area contributed by atoms with Crippen LogP contribution in [0.25, 0.3) is 10.8 Å². The molecule has 0 bridgehead atoms. The average Bonchev–Trinajstić information content (AvgIpc) is 2.56. The van der Waals surface area contributed by atoms with E-state index in [0.717, 1.165) is 16.3 Å². The first-order chi connectivity index (χ1) is 12.0. The van der Waals surface area contributed by atoms with Crippen LogP contribution in [0.2, 0.25) is 0 Å². The molecule has 2 atom stereocenters. The van der Waals surface area contributed by atoms with Gasteiger partial charge in [-0.25, -0.2) is 0 Å². The van der Waals surface area contributed by atoms with Gasteiger partial charge in [-0.3, -0.25) is 4.79 Å². The molecule has 6 nitrogen and oxygen atoms in total. The Kier molecular flexibility index (Phi) is 6.92. The number of amides is 1. The number of nitrogens with one attached hydrogen (secondary N) is 1. The van der Waals surface area contributed by atoms with Crippen LogP contribution in [0.5, 0.6) is 11.5 Å². The predicted octanol–water partition coefficient (Wildman–Crippen LogP) is -1.75. The molecule has 0 heterocycles. The number of hydrogen-bond acceptors (Lipinski definition) is 5. The molecule has 1 amide bonds. The summed E-state index contributed by atoms with van der Waals surface area (Å²) >= 11 is 0. The van der Waals surface area contributed by atoms with Crippen LogP contribution in [0.3, 0.4) is 0 Å². The van der Waals surface area contributed by atoms with Gasteiger partial charge in [0, 0.05) is 24.3 Å². The zero-order valence-corrected chi connectivity index (χ0v) is 17.2. The Bertz CT molecular complexity index is 823. The van der Waals surface area contributed by atoms with E-state index in [1.165, 1.54) is 0 Å². The van der Waals surface area contributed by atoms with Crippen molar-refractivity contribution in [1.82, 2.24) is 5.32 Å². The topological polar surface area (TPSA) is 87.7 Å². The van der Waals surface area contributed by atoms with E-state index in [1.807, 2.05) is 30.3 Å². The molecule has 26 heavy (non-hydrogen) atoms. The third-order valence-corrected chi connectivity index (χ3v) is 4.79. The Morgan fingerprint density at radius 3 is 2.19 bits per heavy atom. The third-order valence-electron chi connectivity index (χ3n) is 4.79. The minimum atomic E-state index is -1.14. The van der Waals surface area contributed by atoms with Crippen molar-refractivity contribution < 1.29 is 53.7 Å². The molecule has 0 unspecified atom stereocenters. The molecule has 2 aromatic rings. The number of hydrogen-bond donors (Lipinski definition) is 1. The van der Waals surface area contributed by atoms with Crippen LogP contribution in [0.15, 0.2) is 30.3 Å². The standard InChI is InChI=1S/C19H21NO5.Na/c1-24-16-8-12-4-3-11(7-13(12)9-17(16)25-2)10-20-18(21)14-5-6-15(14)19(22)23;/h3-4,7-9,14-15H,5-6,10H2,1-2H3,(H,20,21)(H,22,23);/q;+1/p-1/t14-,15+;/m1./s1. The maximum absolute atomic E-state index is 12.1. The summed E-state index contributed by atoms with van der Waals surface area (Å²) in [7, 11) is 3.17. The average molecular weight is 365 g/mol. The van der Waals surface area contributed by atoms with Crippen LogP contribution in [0, 0.1) is 11.8 Å². The van der Waals surface area contributed by atoms with Crippen molar-refractivity contribution in [1.29, 1.82) is 0 Å².